The molecule has 0 atom stereocenters. The molecule has 0 aliphatic carbocycles. The molecule has 1 fully saturated rings. The van der Waals surface area contributed by atoms with Crippen LogP contribution in [0.1, 0.15) is 12.7 Å². The van der Waals surface area contributed by atoms with Crippen molar-refractivity contribution in [1.82, 2.24) is 19.7 Å². The number of aromatic nitrogens is 3. The number of ether oxygens (including phenoxy) is 1. The van der Waals surface area contributed by atoms with Gasteiger partial charge in [-0.3, -0.25) is 0 Å². The molecular weight excluding hydrogens is 220 g/mol. The highest BCUT2D eigenvalue weighted by atomic mass is 16.5. The van der Waals surface area contributed by atoms with Gasteiger partial charge < -0.3 is 15.4 Å². The molecule has 1 saturated heterocycles. The zero-order valence-electron chi connectivity index (χ0n) is 10.0. The fourth-order valence-corrected chi connectivity index (χ4v) is 1.72. The quantitative estimate of drug-likeness (QED) is 0.564. The Morgan fingerprint density at radius 3 is 3.00 bits per heavy atom. The van der Waals surface area contributed by atoms with Crippen LogP contribution >= 0.6 is 0 Å². The van der Waals surface area contributed by atoms with Crippen LogP contribution in [0.25, 0.3) is 0 Å². The molecule has 17 heavy (non-hydrogen) atoms. The lowest BCUT2D eigenvalue weighted by molar-refractivity contribution is 0.0674. The first-order chi connectivity index (χ1) is 8.31. The average Bonchev–Trinajstić information content (AvgIpc) is 2.84. The molecule has 0 spiro atoms. The molecule has 2 N–H and O–H groups in total. The number of aryl methyl sites for hydroxylation is 1. The maximum absolute atomic E-state index is 5.92. The van der Waals surface area contributed by atoms with E-state index >= 15 is 0 Å². The maximum atomic E-state index is 5.92. The van der Waals surface area contributed by atoms with Crippen LogP contribution in [-0.4, -0.2) is 51.9 Å². The fraction of sp³-hybridized carbons (Fsp3) is 0.700. The lowest BCUT2D eigenvalue weighted by Gasteiger charge is -2.27. The highest BCUT2D eigenvalue weighted by Crippen LogP contribution is 1.99. The van der Waals surface area contributed by atoms with Crippen LogP contribution in [0.2, 0.25) is 0 Å². The van der Waals surface area contributed by atoms with E-state index in [1.807, 2.05) is 16.5 Å². The van der Waals surface area contributed by atoms with E-state index in [0.717, 1.165) is 25.5 Å². The minimum absolute atomic E-state index is 0.469. The van der Waals surface area contributed by atoms with Crippen molar-refractivity contribution in [1.29, 1.82) is 0 Å². The van der Waals surface area contributed by atoms with Crippen molar-refractivity contribution in [3.8, 4) is 0 Å². The second-order valence-electron chi connectivity index (χ2n) is 3.77. The number of hydrogen-bond donors (Lipinski definition) is 1. The van der Waals surface area contributed by atoms with E-state index in [2.05, 4.69) is 15.1 Å². The van der Waals surface area contributed by atoms with Crippen LogP contribution in [0.15, 0.2) is 11.3 Å². The molecule has 7 heteroatoms. The van der Waals surface area contributed by atoms with Gasteiger partial charge in [0.25, 0.3) is 0 Å². The normalized spacial score (nSPS) is 17.5. The van der Waals surface area contributed by atoms with Gasteiger partial charge in [-0.05, 0) is 6.92 Å². The largest absolute Gasteiger partial charge is 0.378 e. The highest BCUT2D eigenvalue weighted by Gasteiger charge is 2.12. The Balaban J connectivity index is 1.95. The highest BCUT2D eigenvalue weighted by molar-refractivity contribution is 5.78. The third-order valence-electron chi connectivity index (χ3n) is 2.71. The lowest BCUT2D eigenvalue weighted by atomic mass is 10.4. The summed E-state index contributed by atoms with van der Waals surface area (Å²) in [6.07, 6.45) is 1.54. The van der Waals surface area contributed by atoms with Crippen LogP contribution in [0.5, 0.6) is 0 Å². The van der Waals surface area contributed by atoms with E-state index in [4.69, 9.17) is 10.5 Å². The summed E-state index contributed by atoms with van der Waals surface area (Å²) in [7, 11) is 0. The van der Waals surface area contributed by atoms with Crippen LogP contribution in [-0.2, 0) is 17.8 Å². The second-order valence-corrected chi connectivity index (χ2v) is 3.77. The Hall–Kier alpha value is -1.63. The maximum Gasteiger partial charge on any atom is 0.191 e. The predicted molar refractivity (Wildman–Crippen MR) is 63.4 cm³/mol. The van der Waals surface area contributed by atoms with Crippen molar-refractivity contribution in [3.05, 3.63) is 12.2 Å². The van der Waals surface area contributed by atoms with Crippen molar-refractivity contribution < 1.29 is 4.74 Å². The molecular formula is C10H18N6O. The van der Waals surface area contributed by atoms with Gasteiger partial charge in [0.2, 0.25) is 0 Å². The molecule has 7 nitrogen and oxygen atoms in total. The molecule has 2 rings (SSSR count). The molecule has 94 valence electrons. The lowest BCUT2D eigenvalue weighted by Crippen LogP contribution is -2.44. The molecule has 0 radical (unpaired) electrons. The van der Waals surface area contributed by atoms with Crippen molar-refractivity contribution in [2.24, 2.45) is 10.7 Å². The number of hydrogen-bond acceptors (Lipinski definition) is 4. The summed E-state index contributed by atoms with van der Waals surface area (Å²) in [5.74, 6) is 1.39. The molecule has 0 saturated carbocycles. The molecule has 1 aromatic rings. The Kier molecular flexibility index (Phi) is 3.92. The van der Waals surface area contributed by atoms with Gasteiger partial charge in [-0.25, -0.2) is 14.7 Å². The fourth-order valence-electron chi connectivity index (χ4n) is 1.72. The van der Waals surface area contributed by atoms with Gasteiger partial charge in [0.15, 0.2) is 5.96 Å². The number of aliphatic imine (C=N–C) groups is 1. The second kappa shape index (κ2) is 5.62. The van der Waals surface area contributed by atoms with Crippen LogP contribution in [0.4, 0.5) is 0 Å². The first kappa shape index (κ1) is 11.8. The first-order valence-electron chi connectivity index (χ1n) is 5.80. The van der Waals surface area contributed by atoms with Gasteiger partial charge in [-0.2, -0.15) is 5.10 Å². The first-order valence-corrected chi connectivity index (χ1v) is 5.80. The molecule has 1 aliphatic rings. The standard InChI is InChI=1S/C10H18N6O/c1-2-16-9(13-8-14-16)7-12-10(11)15-3-5-17-6-4-15/h8H,2-7H2,1H3,(H2,11,12). The summed E-state index contributed by atoms with van der Waals surface area (Å²) in [6.45, 7) is 6.31. The number of nitrogens with zero attached hydrogens (tertiary/aromatic N) is 5. The Labute approximate surface area is 100 Å². The van der Waals surface area contributed by atoms with E-state index in [9.17, 15) is 0 Å². The third kappa shape index (κ3) is 2.94. The van der Waals surface area contributed by atoms with Crippen molar-refractivity contribution in [2.75, 3.05) is 26.3 Å². The van der Waals surface area contributed by atoms with E-state index in [0.29, 0.717) is 25.7 Å². The third-order valence-corrected chi connectivity index (χ3v) is 2.71. The van der Waals surface area contributed by atoms with E-state index in [1.165, 1.54) is 0 Å². The van der Waals surface area contributed by atoms with Gasteiger partial charge in [0.05, 0.1) is 13.2 Å². The molecule has 1 aromatic heterocycles. The zero-order chi connectivity index (χ0) is 12.1. The number of guanidine groups is 1. The van der Waals surface area contributed by atoms with Gasteiger partial charge in [-0.15, -0.1) is 0 Å². The topological polar surface area (TPSA) is 81.6 Å². The molecule has 2 heterocycles. The van der Waals surface area contributed by atoms with Crippen LogP contribution in [0.3, 0.4) is 0 Å². The number of rotatable bonds is 3. The smallest absolute Gasteiger partial charge is 0.191 e. The molecule has 1 aliphatic heterocycles. The van der Waals surface area contributed by atoms with Crippen LogP contribution in [0, 0.1) is 0 Å². The molecule has 0 bridgehead atoms. The predicted octanol–water partition coefficient (Wildman–Crippen LogP) is -0.555. The zero-order valence-corrected chi connectivity index (χ0v) is 10.0. The Morgan fingerprint density at radius 2 is 2.29 bits per heavy atom. The van der Waals surface area contributed by atoms with Crippen molar-refractivity contribution in [2.45, 2.75) is 20.0 Å². The average molecular weight is 238 g/mol. The number of morpholine rings is 1. The van der Waals surface area contributed by atoms with Gasteiger partial charge in [0.1, 0.15) is 18.7 Å². The minimum Gasteiger partial charge on any atom is -0.378 e. The van der Waals surface area contributed by atoms with Crippen LogP contribution < -0.4 is 5.73 Å². The number of nitrogens with two attached hydrogens (primary N) is 1. The summed E-state index contributed by atoms with van der Waals surface area (Å²) >= 11 is 0. The SMILES string of the molecule is CCn1ncnc1CN=C(N)N1CCOCC1. The van der Waals surface area contributed by atoms with Gasteiger partial charge in [0, 0.05) is 19.6 Å². The summed E-state index contributed by atoms with van der Waals surface area (Å²) in [6, 6.07) is 0. The summed E-state index contributed by atoms with van der Waals surface area (Å²) in [5.41, 5.74) is 5.92. The van der Waals surface area contributed by atoms with Gasteiger partial charge in [-0.1, -0.05) is 0 Å². The van der Waals surface area contributed by atoms with Crippen molar-refractivity contribution in [3.63, 3.8) is 0 Å². The van der Waals surface area contributed by atoms with E-state index < -0.39 is 0 Å². The summed E-state index contributed by atoms with van der Waals surface area (Å²) in [5, 5.41) is 4.09. The summed E-state index contributed by atoms with van der Waals surface area (Å²) in [4.78, 5) is 10.5. The molecule has 0 amide bonds. The van der Waals surface area contributed by atoms with E-state index in [1.54, 1.807) is 6.33 Å². The monoisotopic (exact) mass is 238 g/mol. The Morgan fingerprint density at radius 1 is 1.53 bits per heavy atom. The van der Waals surface area contributed by atoms with E-state index in [-0.39, 0.29) is 0 Å². The minimum atomic E-state index is 0.469. The van der Waals surface area contributed by atoms with Crippen molar-refractivity contribution >= 4 is 5.96 Å². The van der Waals surface area contributed by atoms with Gasteiger partial charge >= 0.3 is 0 Å². The summed E-state index contributed by atoms with van der Waals surface area (Å²) < 4.78 is 7.07. The molecule has 0 aromatic carbocycles. The Bertz CT molecular complexity index is 382. The molecule has 0 unspecified atom stereocenters.